The molecule has 2 aromatic rings. The quantitative estimate of drug-likeness (QED) is 0.671. The SMILES string of the molecule is Cc1ccnc(Oc2cccc([N+](=O)[O-])c2C(=O)O)n1. The number of carboxylic acids is 1. The summed E-state index contributed by atoms with van der Waals surface area (Å²) in [6, 6.07) is 5.29. The average molecular weight is 275 g/mol. The summed E-state index contributed by atoms with van der Waals surface area (Å²) < 4.78 is 5.23. The van der Waals surface area contributed by atoms with E-state index in [4.69, 9.17) is 9.84 Å². The molecule has 102 valence electrons. The first kappa shape index (κ1) is 13.4. The van der Waals surface area contributed by atoms with Gasteiger partial charge in [0, 0.05) is 18.0 Å². The third-order valence-corrected chi connectivity index (χ3v) is 2.39. The lowest BCUT2D eigenvalue weighted by Gasteiger charge is -2.07. The molecule has 0 saturated heterocycles. The average Bonchev–Trinajstić information content (AvgIpc) is 2.38. The van der Waals surface area contributed by atoms with E-state index in [0.717, 1.165) is 6.07 Å². The van der Waals surface area contributed by atoms with Crippen molar-refractivity contribution in [2.24, 2.45) is 0 Å². The van der Waals surface area contributed by atoms with Crippen molar-refractivity contribution in [3.05, 3.63) is 51.8 Å². The molecule has 1 aromatic carbocycles. The van der Waals surface area contributed by atoms with Crippen LogP contribution in [0.2, 0.25) is 0 Å². The molecule has 1 heterocycles. The van der Waals surface area contributed by atoms with Gasteiger partial charge in [0.05, 0.1) is 4.92 Å². The molecule has 20 heavy (non-hydrogen) atoms. The Hall–Kier alpha value is -3.03. The van der Waals surface area contributed by atoms with Crippen LogP contribution in [0.15, 0.2) is 30.5 Å². The van der Waals surface area contributed by atoms with Crippen molar-refractivity contribution in [3.63, 3.8) is 0 Å². The van der Waals surface area contributed by atoms with Crippen molar-refractivity contribution in [2.45, 2.75) is 6.92 Å². The molecular weight excluding hydrogens is 266 g/mol. The molecule has 0 radical (unpaired) electrons. The standard InChI is InChI=1S/C12H9N3O5/c1-7-5-6-13-12(14-7)20-9-4-2-3-8(15(18)19)10(9)11(16)17/h2-6H,1H3,(H,16,17). The molecule has 0 spiro atoms. The second-order valence-corrected chi connectivity index (χ2v) is 3.80. The minimum atomic E-state index is -1.46. The number of nitro groups is 1. The van der Waals surface area contributed by atoms with E-state index in [1.165, 1.54) is 18.3 Å². The number of aromatic carboxylic acids is 1. The molecule has 0 aliphatic rings. The van der Waals surface area contributed by atoms with Gasteiger partial charge >= 0.3 is 12.0 Å². The van der Waals surface area contributed by atoms with Gasteiger partial charge in [-0.2, -0.15) is 0 Å². The summed E-state index contributed by atoms with van der Waals surface area (Å²) >= 11 is 0. The first-order chi connectivity index (χ1) is 9.49. The number of carbonyl (C=O) groups is 1. The van der Waals surface area contributed by atoms with Crippen LogP contribution in [-0.2, 0) is 0 Å². The highest BCUT2D eigenvalue weighted by molar-refractivity contribution is 5.95. The highest BCUT2D eigenvalue weighted by Gasteiger charge is 2.25. The van der Waals surface area contributed by atoms with Crippen LogP contribution in [0.25, 0.3) is 0 Å². The molecule has 2 rings (SSSR count). The number of carboxylic acid groups (broad SMARTS) is 1. The Balaban J connectivity index is 2.49. The molecule has 0 aliphatic heterocycles. The first-order valence-electron chi connectivity index (χ1n) is 5.47. The van der Waals surface area contributed by atoms with Crippen LogP contribution in [-0.4, -0.2) is 26.0 Å². The van der Waals surface area contributed by atoms with Gasteiger partial charge in [0.25, 0.3) is 5.69 Å². The van der Waals surface area contributed by atoms with Crippen molar-refractivity contribution in [2.75, 3.05) is 0 Å². The van der Waals surface area contributed by atoms with Gasteiger partial charge in [-0.05, 0) is 19.1 Å². The molecular formula is C12H9N3O5. The van der Waals surface area contributed by atoms with Crippen LogP contribution in [0.4, 0.5) is 5.69 Å². The summed E-state index contributed by atoms with van der Waals surface area (Å²) in [6.07, 6.45) is 1.44. The van der Waals surface area contributed by atoms with Gasteiger partial charge < -0.3 is 9.84 Å². The summed E-state index contributed by atoms with van der Waals surface area (Å²) in [6.45, 7) is 1.71. The van der Waals surface area contributed by atoms with Gasteiger partial charge in [-0.1, -0.05) is 6.07 Å². The Morgan fingerprint density at radius 1 is 1.40 bits per heavy atom. The van der Waals surface area contributed by atoms with Gasteiger partial charge in [0.2, 0.25) is 0 Å². The van der Waals surface area contributed by atoms with Crippen LogP contribution in [0, 0.1) is 17.0 Å². The van der Waals surface area contributed by atoms with Gasteiger partial charge in [-0.3, -0.25) is 10.1 Å². The van der Waals surface area contributed by atoms with Gasteiger partial charge in [0.15, 0.2) is 11.3 Å². The van der Waals surface area contributed by atoms with Crippen molar-refractivity contribution in [1.82, 2.24) is 9.97 Å². The van der Waals surface area contributed by atoms with Crippen LogP contribution < -0.4 is 4.74 Å². The molecule has 1 N–H and O–H groups in total. The van der Waals surface area contributed by atoms with Crippen LogP contribution in [0.5, 0.6) is 11.8 Å². The number of aromatic nitrogens is 2. The van der Waals surface area contributed by atoms with Crippen LogP contribution in [0.1, 0.15) is 16.1 Å². The number of nitro benzene ring substituents is 1. The second-order valence-electron chi connectivity index (χ2n) is 3.80. The van der Waals surface area contributed by atoms with Crippen LogP contribution >= 0.6 is 0 Å². The lowest BCUT2D eigenvalue weighted by Crippen LogP contribution is -2.06. The van der Waals surface area contributed by atoms with Crippen molar-refractivity contribution in [1.29, 1.82) is 0 Å². The van der Waals surface area contributed by atoms with E-state index >= 15 is 0 Å². The topological polar surface area (TPSA) is 115 Å². The zero-order chi connectivity index (χ0) is 14.7. The lowest BCUT2D eigenvalue weighted by molar-refractivity contribution is -0.385. The van der Waals surface area contributed by atoms with E-state index in [0.29, 0.717) is 5.69 Å². The molecule has 0 fully saturated rings. The summed E-state index contributed by atoms with van der Waals surface area (Å²) in [5.74, 6) is -1.64. The Labute approximate surface area is 112 Å². The molecule has 8 nitrogen and oxygen atoms in total. The number of hydrogen-bond donors (Lipinski definition) is 1. The number of rotatable bonds is 4. The molecule has 1 aromatic heterocycles. The summed E-state index contributed by atoms with van der Waals surface area (Å²) in [4.78, 5) is 29.0. The third kappa shape index (κ3) is 2.69. The van der Waals surface area contributed by atoms with Crippen molar-refractivity contribution < 1.29 is 19.6 Å². The van der Waals surface area contributed by atoms with Crippen molar-refractivity contribution in [3.8, 4) is 11.8 Å². The minimum absolute atomic E-state index is 0.0759. The second kappa shape index (κ2) is 5.31. The highest BCUT2D eigenvalue weighted by atomic mass is 16.6. The zero-order valence-corrected chi connectivity index (χ0v) is 10.3. The van der Waals surface area contributed by atoms with Crippen molar-refractivity contribution >= 4 is 11.7 Å². The van der Waals surface area contributed by atoms with Gasteiger partial charge in [0.1, 0.15) is 0 Å². The number of ether oxygens (including phenoxy) is 1. The maximum Gasteiger partial charge on any atom is 0.346 e. The molecule has 0 amide bonds. The Morgan fingerprint density at radius 3 is 2.75 bits per heavy atom. The number of nitrogens with zero attached hydrogens (tertiary/aromatic N) is 3. The van der Waals surface area contributed by atoms with Crippen LogP contribution in [0.3, 0.4) is 0 Å². The van der Waals surface area contributed by atoms with E-state index in [1.54, 1.807) is 13.0 Å². The first-order valence-corrected chi connectivity index (χ1v) is 5.47. The van der Waals surface area contributed by atoms with E-state index in [2.05, 4.69) is 9.97 Å². The van der Waals surface area contributed by atoms with E-state index in [1.807, 2.05) is 0 Å². The normalized spacial score (nSPS) is 10.1. The molecule has 0 aliphatic carbocycles. The number of hydrogen-bond acceptors (Lipinski definition) is 6. The lowest BCUT2D eigenvalue weighted by atomic mass is 10.1. The minimum Gasteiger partial charge on any atom is -0.477 e. The Morgan fingerprint density at radius 2 is 2.15 bits per heavy atom. The Kier molecular flexibility index (Phi) is 3.56. The van der Waals surface area contributed by atoms with Gasteiger partial charge in [-0.25, -0.2) is 14.8 Å². The van der Waals surface area contributed by atoms with E-state index in [9.17, 15) is 14.9 Å². The number of aryl methyl sites for hydroxylation is 1. The van der Waals surface area contributed by atoms with E-state index < -0.39 is 22.1 Å². The fourth-order valence-electron chi connectivity index (χ4n) is 1.55. The molecule has 0 unspecified atom stereocenters. The highest BCUT2D eigenvalue weighted by Crippen LogP contribution is 2.30. The molecule has 0 saturated carbocycles. The third-order valence-electron chi connectivity index (χ3n) is 2.39. The summed E-state index contributed by atoms with van der Waals surface area (Å²) in [7, 11) is 0. The summed E-state index contributed by atoms with van der Waals surface area (Å²) in [5.41, 5.74) is -0.470. The van der Waals surface area contributed by atoms with Gasteiger partial charge in [-0.15, -0.1) is 0 Å². The predicted octanol–water partition coefficient (Wildman–Crippen LogP) is 2.18. The molecule has 0 atom stereocenters. The molecule has 0 bridgehead atoms. The fraction of sp³-hybridized carbons (Fsp3) is 0.0833. The smallest absolute Gasteiger partial charge is 0.346 e. The maximum atomic E-state index is 11.2. The zero-order valence-electron chi connectivity index (χ0n) is 10.3. The summed E-state index contributed by atoms with van der Waals surface area (Å²) in [5, 5.41) is 19.9. The number of benzene rings is 1. The monoisotopic (exact) mass is 275 g/mol. The predicted molar refractivity (Wildman–Crippen MR) is 66.9 cm³/mol. The fourth-order valence-corrected chi connectivity index (χ4v) is 1.55. The molecule has 8 heteroatoms. The Bertz CT molecular complexity index is 687. The maximum absolute atomic E-state index is 11.2. The van der Waals surface area contributed by atoms with E-state index in [-0.39, 0.29) is 11.8 Å². The largest absolute Gasteiger partial charge is 0.477 e.